The van der Waals surface area contributed by atoms with Crippen LogP contribution in [0, 0.1) is 0 Å². The quantitative estimate of drug-likeness (QED) is 0.719. The van der Waals surface area contributed by atoms with Gasteiger partial charge in [-0.05, 0) is 18.1 Å². The van der Waals surface area contributed by atoms with Crippen molar-refractivity contribution in [2.24, 2.45) is 7.05 Å². The molecule has 128 valence electrons. The highest BCUT2D eigenvalue weighted by molar-refractivity contribution is 5.94. The summed E-state index contributed by atoms with van der Waals surface area (Å²) in [6, 6.07) is 3.86. The number of pyridine rings is 1. The van der Waals surface area contributed by atoms with Gasteiger partial charge in [0.1, 0.15) is 0 Å². The fourth-order valence-electron chi connectivity index (χ4n) is 3.04. The molecule has 4 heterocycles. The molecule has 25 heavy (non-hydrogen) atoms. The van der Waals surface area contributed by atoms with Crippen molar-refractivity contribution >= 4 is 11.6 Å². The molecule has 1 amide bonds. The SMILES string of the molecule is Cn1cc(N2CC(c3nc(Cc4cccnc4)no3)CCC2=O)cn1. The minimum absolute atomic E-state index is 0.0352. The van der Waals surface area contributed by atoms with E-state index >= 15 is 0 Å². The van der Waals surface area contributed by atoms with Crippen LogP contribution in [0.25, 0.3) is 0 Å². The minimum atomic E-state index is 0.0352. The molecule has 3 aromatic heterocycles. The molecule has 1 unspecified atom stereocenters. The number of rotatable bonds is 4. The Balaban J connectivity index is 1.49. The smallest absolute Gasteiger partial charge is 0.231 e. The van der Waals surface area contributed by atoms with Crippen LogP contribution in [0.1, 0.15) is 36.0 Å². The first-order valence-corrected chi connectivity index (χ1v) is 8.19. The molecule has 8 nitrogen and oxygen atoms in total. The van der Waals surface area contributed by atoms with Crippen LogP contribution >= 0.6 is 0 Å². The van der Waals surface area contributed by atoms with E-state index < -0.39 is 0 Å². The largest absolute Gasteiger partial charge is 0.339 e. The second-order valence-corrected chi connectivity index (χ2v) is 6.20. The molecule has 0 radical (unpaired) electrons. The van der Waals surface area contributed by atoms with Crippen LogP contribution in [-0.2, 0) is 18.3 Å². The lowest BCUT2D eigenvalue weighted by Gasteiger charge is -2.29. The molecule has 8 heteroatoms. The zero-order chi connectivity index (χ0) is 17.2. The summed E-state index contributed by atoms with van der Waals surface area (Å²) in [5.41, 5.74) is 1.83. The number of hydrogen-bond donors (Lipinski definition) is 0. The van der Waals surface area contributed by atoms with E-state index in [1.807, 2.05) is 25.4 Å². The Labute approximate surface area is 144 Å². The van der Waals surface area contributed by atoms with Crippen LogP contribution in [0.4, 0.5) is 5.69 Å². The number of carbonyl (C=O) groups is 1. The summed E-state index contributed by atoms with van der Waals surface area (Å²) in [7, 11) is 1.83. The van der Waals surface area contributed by atoms with Crippen molar-refractivity contribution in [3.63, 3.8) is 0 Å². The Morgan fingerprint density at radius 2 is 2.28 bits per heavy atom. The van der Waals surface area contributed by atoms with Crippen LogP contribution in [-0.4, -0.2) is 37.4 Å². The van der Waals surface area contributed by atoms with Crippen molar-refractivity contribution in [2.45, 2.75) is 25.2 Å². The van der Waals surface area contributed by atoms with E-state index in [-0.39, 0.29) is 11.8 Å². The number of carbonyl (C=O) groups excluding carboxylic acids is 1. The Bertz CT molecular complexity index is 872. The molecule has 3 aromatic rings. The Kier molecular flexibility index (Phi) is 4.01. The highest BCUT2D eigenvalue weighted by Crippen LogP contribution is 2.29. The Hall–Kier alpha value is -3.03. The van der Waals surface area contributed by atoms with E-state index in [0.29, 0.717) is 37.5 Å². The third-order valence-electron chi connectivity index (χ3n) is 4.33. The van der Waals surface area contributed by atoms with Gasteiger partial charge in [0, 0.05) is 45.0 Å². The summed E-state index contributed by atoms with van der Waals surface area (Å²) < 4.78 is 7.15. The van der Waals surface area contributed by atoms with Crippen LogP contribution in [0.3, 0.4) is 0 Å². The average molecular weight is 338 g/mol. The first kappa shape index (κ1) is 15.5. The Morgan fingerprint density at radius 1 is 1.36 bits per heavy atom. The fraction of sp³-hybridized carbons (Fsp3) is 0.353. The molecule has 1 saturated heterocycles. The third kappa shape index (κ3) is 3.28. The molecule has 1 aliphatic rings. The van der Waals surface area contributed by atoms with Crippen molar-refractivity contribution in [1.82, 2.24) is 24.9 Å². The summed E-state index contributed by atoms with van der Waals surface area (Å²) in [6.45, 7) is 0.527. The molecule has 1 fully saturated rings. The van der Waals surface area contributed by atoms with Gasteiger partial charge in [0.15, 0.2) is 5.82 Å². The van der Waals surface area contributed by atoms with E-state index in [1.54, 1.807) is 28.2 Å². The molecule has 1 aliphatic heterocycles. The summed E-state index contributed by atoms with van der Waals surface area (Å²) in [5, 5.41) is 8.21. The molecule has 0 spiro atoms. The topological polar surface area (TPSA) is 89.9 Å². The molecule has 4 rings (SSSR count). The van der Waals surface area contributed by atoms with Gasteiger partial charge in [-0.25, -0.2) is 0 Å². The van der Waals surface area contributed by atoms with E-state index in [9.17, 15) is 4.79 Å². The molecule has 0 saturated carbocycles. The van der Waals surface area contributed by atoms with Crippen molar-refractivity contribution < 1.29 is 9.32 Å². The number of nitrogens with zero attached hydrogens (tertiary/aromatic N) is 6. The van der Waals surface area contributed by atoms with Gasteiger partial charge < -0.3 is 9.42 Å². The van der Waals surface area contributed by atoms with Crippen molar-refractivity contribution in [1.29, 1.82) is 0 Å². The van der Waals surface area contributed by atoms with E-state index in [0.717, 1.165) is 11.3 Å². The van der Waals surface area contributed by atoms with Crippen molar-refractivity contribution in [3.8, 4) is 0 Å². The minimum Gasteiger partial charge on any atom is -0.339 e. The molecule has 0 N–H and O–H groups in total. The maximum absolute atomic E-state index is 12.2. The number of amides is 1. The average Bonchev–Trinajstić information content (AvgIpc) is 3.26. The number of aryl methyl sites for hydroxylation is 1. The number of aromatic nitrogens is 5. The molecule has 0 aliphatic carbocycles. The molecule has 0 aromatic carbocycles. The second-order valence-electron chi connectivity index (χ2n) is 6.20. The van der Waals surface area contributed by atoms with Crippen molar-refractivity contribution in [2.75, 3.05) is 11.4 Å². The van der Waals surface area contributed by atoms with Crippen LogP contribution in [0.2, 0.25) is 0 Å². The first-order valence-electron chi connectivity index (χ1n) is 8.19. The zero-order valence-corrected chi connectivity index (χ0v) is 13.9. The fourth-order valence-corrected chi connectivity index (χ4v) is 3.04. The van der Waals surface area contributed by atoms with Crippen LogP contribution in [0.15, 0.2) is 41.4 Å². The molecule has 1 atom stereocenters. The monoisotopic (exact) mass is 338 g/mol. The number of piperidine rings is 1. The summed E-state index contributed by atoms with van der Waals surface area (Å²) in [6.07, 6.45) is 8.81. The standard InChI is InChI=1S/C17H18N6O2/c1-22-11-14(9-19-22)23-10-13(4-5-16(23)24)17-20-15(21-25-17)7-12-3-2-6-18-8-12/h2-3,6,8-9,11,13H,4-5,7,10H2,1H3. The predicted octanol–water partition coefficient (Wildman–Crippen LogP) is 1.70. The maximum Gasteiger partial charge on any atom is 0.231 e. The van der Waals surface area contributed by atoms with E-state index in [1.165, 1.54) is 0 Å². The Morgan fingerprint density at radius 3 is 3.04 bits per heavy atom. The van der Waals surface area contributed by atoms with Crippen LogP contribution in [0.5, 0.6) is 0 Å². The summed E-state index contributed by atoms with van der Waals surface area (Å²) in [5.74, 6) is 1.35. The van der Waals surface area contributed by atoms with Gasteiger partial charge in [-0.3, -0.25) is 14.5 Å². The lowest BCUT2D eigenvalue weighted by Crippen LogP contribution is -2.39. The van der Waals surface area contributed by atoms with Gasteiger partial charge >= 0.3 is 0 Å². The summed E-state index contributed by atoms with van der Waals surface area (Å²) >= 11 is 0. The highest BCUT2D eigenvalue weighted by atomic mass is 16.5. The first-order chi connectivity index (χ1) is 12.2. The predicted molar refractivity (Wildman–Crippen MR) is 88.9 cm³/mol. The van der Waals surface area contributed by atoms with Gasteiger partial charge in [-0.2, -0.15) is 10.1 Å². The number of anilines is 1. The third-order valence-corrected chi connectivity index (χ3v) is 4.33. The zero-order valence-electron chi connectivity index (χ0n) is 13.9. The van der Waals surface area contributed by atoms with E-state index in [4.69, 9.17) is 4.52 Å². The molecule has 0 bridgehead atoms. The second kappa shape index (κ2) is 6.46. The summed E-state index contributed by atoms with van der Waals surface area (Å²) in [4.78, 5) is 22.6. The van der Waals surface area contributed by atoms with Crippen LogP contribution < -0.4 is 4.90 Å². The van der Waals surface area contributed by atoms with Gasteiger partial charge in [0.25, 0.3) is 0 Å². The number of hydrogen-bond acceptors (Lipinski definition) is 6. The lowest BCUT2D eigenvalue weighted by atomic mass is 9.97. The van der Waals surface area contributed by atoms with Gasteiger partial charge in [-0.15, -0.1) is 0 Å². The molecular formula is C17H18N6O2. The van der Waals surface area contributed by atoms with Gasteiger partial charge in [0.05, 0.1) is 17.8 Å². The van der Waals surface area contributed by atoms with E-state index in [2.05, 4.69) is 20.2 Å². The van der Waals surface area contributed by atoms with Gasteiger partial charge in [0.2, 0.25) is 11.8 Å². The normalized spacial score (nSPS) is 17.9. The van der Waals surface area contributed by atoms with Gasteiger partial charge in [-0.1, -0.05) is 11.2 Å². The lowest BCUT2D eigenvalue weighted by molar-refractivity contribution is -0.119. The maximum atomic E-state index is 12.2. The highest BCUT2D eigenvalue weighted by Gasteiger charge is 2.31. The van der Waals surface area contributed by atoms with Crippen molar-refractivity contribution in [3.05, 3.63) is 54.2 Å². The molecular weight excluding hydrogens is 320 g/mol.